The van der Waals surface area contributed by atoms with Crippen molar-refractivity contribution >= 4 is 71.4 Å². The van der Waals surface area contributed by atoms with Crippen LogP contribution < -0.4 is 11.5 Å². The maximum atomic E-state index is 12.4. The van der Waals surface area contributed by atoms with Crippen molar-refractivity contribution in [1.82, 2.24) is 0 Å². The number of nitro benzene ring substituents is 1. The van der Waals surface area contributed by atoms with Gasteiger partial charge in [0, 0.05) is 22.6 Å². The summed E-state index contributed by atoms with van der Waals surface area (Å²) in [6, 6.07) is 27.8. The second-order valence-electron chi connectivity index (χ2n) is 9.62. The second-order valence-corrected chi connectivity index (χ2v) is 9.62. The highest BCUT2D eigenvalue weighted by Crippen LogP contribution is 2.45. The number of amides is 2. The number of primary amides is 2. The molecule has 186 valence electrons. The number of nitrogens with two attached hydrogens (primary N) is 2. The van der Waals surface area contributed by atoms with Gasteiger partial charge in [0.15, 0.2) is 0 Å². The van der Waals surface area contributed by atoms with E-state index in [9.17, 15) is 19.7 Å². The molecule has 7 rings (SSSR count). The molecule has 0 bridgehead atoms. The van der Waals surface area contributed by atoms with Crippen molar-refractivity contribution in [2.45, 2.75) is 0 Å². The van der Waals surface area contributed by atoms with E-state index >= 15 is 0 Å². The highest BCUT2D eigenvalue weighted by Gasteiger charge is 2.22. The van der Waals surface area contributed by atoms with Crippen molar-refractivity contribution in [3.8, 4) is 11.1 Å². The number of rotatable bonds is 4. The predicted octanol–water partition coefficient (Wildman–Crippen LogP) is 6.66. The summed E-state index contributed by atoms with van der Waals surface area (Å²) in [4.78, 5) is 36.1. The van der Waals surface area contributed by atoms with Gasteiger partial charge < -0.3 is 11.5 Å². The molecule has 0 saturated carbocycles. The minimum atomic E-state index is -0.634. The predicted molar refractivity (Wildman–Crippen MR) is 154 cm³/mol. The van der Waals surface area contributed by atoms with Crippen LogP contribution in [0.15, 0.2) is 91.0 Å². The Labute approximate surface area is 220 Å². The average Bonchev–Trinajstić information content (AvgIpc) is 2.94. The van der Waals surface area contributed by atoms with Crippen LogP contribution in [0, 0.1) is 10.1 Å². The largest absolute Gasteiger partial charge is 0.366 e. The molecule has 0 unspecified atom stereocenters. The summed E-state index contributed by atoms with van der Waals surface area (Å²) < 4.78 is 0. The molecule has 0 aromatic heterocycles. The lowest BCUT2D eigenvalue weighted by molar-refractivity contribution is -0.383. The molecule has 0 aliphatic heterocycles. The SMILES string of the molecule is NC(=O)c1ccc2c3cccc4c(-c5cccc6c([N+](=O)[O-])cccc56)ccc(c5ccc(C(N)=O)c1c25)c43. The molecule has 0 saturated heterocycles. The number of carbonyl (C=O) groups is 2. The smallest absolute Gasteiger partial charge is 0.277 e. The highest BCUT2D eigenvalue weighted by molar-refractivity contribution is 6.37. The highest BCUT2D eigenvalue weighted by atomic mass is 16.6. The molecule has 7 aromatic carbocycles. The van der Waals surface area contributed by atoms with E-state index in [0.29, 0.717) is 10.8 Å². The molecule has 0 atom stereocenters. The van der Waals surface area contributed by atoms with Crippen LogP contribution in [0.1, 0.15) is 20.7 Å². The summed E-state index contributed by atoms with van der Waals surface area (Å²) in [5, 5.41) is 19.9. The third-order valence-corrected chi connectivity index (χ3v) is 7.70. The minimum absolute atomic E-state index is 0.0631. The quantitative estimate of drug-likeness (QED) is 0.119. The lowest BCUT2D eigenvalue weighted by Crippen LogP contribution is -2.16. The lowest BCUT2D eigenvalue weighted by atomic mass is 9.84. The van der Waals surface area contributed by atoms with Crippen molar-refractivity contribution in [3.63, 3.8) is 0 Å². The van der Waals surface area contributed by atoms with E-state index in [4.69, 9.17) is 11.5 Å². The van der Waals surface area contributed by atoms with Crippen LogP contribution in [0.25, 0.3) is 65.0 Å². The number of hydrogen-bond donors (Lipinski definition) is 2. The Hall–Kier alpha value is -5.56. The molecule has 0 aliphatic rings. The molecule has 0 heterocycles. The van der Waals surface area contributed by atoms with Gasteiger partial charge in [0.1, 0.15) is 0 Å². The van der Waals surface area contributed by atoms with Crippen molar-refractivity contribution < 1.29 is 14.5 Å². The molecule has 7 nitrogen and oxygen atoms in total. The molecule has 2 amide bonds. The van der Waals surface area contributed by atoms with Gasteiger partial charge in [-0.25, -0.2) is 0 Å². The summed E-state index contributed by atoms with van der Waals surface area (Å²) in [5.41, 5.74) is 13.8. The zero-order valence-electron chi connectivity index (χ0n) is 20.4. The van der Waals surface area contributed by atoms with E-state index in [0.717, 1.165) is 54.2 Å². The third-order valence-electron chi connectivity index (χ3n) is 7.70. The van der Waals surface area contributed by atoms with Crippen LogP contribution >= 0.6 is 0 Å². The molecule has 0 aliphatic carbocycles. The van der Waals surface area contributed by atoms with Crippen LogP contribution in [0.4, 0.5) is 5.69 Å². The number of carbonyl (C=O) groups excluding carboxylic acids is 2. The van der Waals surface area contributed by atoms with E-state index in [1.54, 1.807) is 24.3 Å². The maximum Gasteiger partial charge on any atom is 0.277 e. The van der Waals surface area contributed by atoms with Crippen LogP contribution in [0.5, 0.6) is 0 Å². The number of non-ortho nitro benzene ring substituents is 1. The van der Waals surface area contributed by atoms with E-state index in [-0.39, 0.29) is 21.7 Å². The fraction of sp³-hybridized carbons (Fsp3) is 0. The standard InChI is InChI=1S/C32H19N3O4/c33-31(36)25-14-12-23-21-8-2-7-20-18(16-4-1-6-19-17(16)5-3-9-27(19)35(38)39)10-11-22(28(20)21)24-13-15-26(32(34)37)30(25)29(23)24/h1-15H,(H2,33,36)(H2,34,37). The lowest BCUT2D eigenvalue weighted by Gasteiger charge is -2.19. The molecule has 39 heavy (non-hydrogen) atoms. The van der Waals surface area contributed by atoms with E-state index in [1.165, 1.54) is 6.07 Å². The zero-order valence-corrected chi connectivity index (χ0v) is 20.4. The molecule has 4 N–H and O–H groups in total. The van der Waals surface area contributed by atoms with Crippen molar-refractivity contribution in [2.24, 2.45) is 11.5 Å². The zero-order chi connectivity index (χ0) is 27.0. The van der Waals surface area contributed by atoms with E-state index < -0.39 is 11.8 Å². The van der Waals surface area contributed by atoms with Crippen molar-refractivity contribution in [3.05, 3.63) is 112 Å². The summed E-state index contributed by atoms with van der Waals surface area (Å²) in [6.45, 7) is 0. The van der Waals surface area contributed by atoms with E-state index in [1.807, 2.05) is 60.7 Å². The molecule has 7 heteroatoms. The number of hydrogen-bond acceptors (Lipinski definition) is 4. The van der Waals surface area contributed by atoms with Crippen LogP contribution in [0.3, 0.4) is 0 Å². The second kappa shape index (κ2) is 7.97. The molecular formula is C32H19N3O4. The maximum absolute atomic E-state index is 12.4. The van der Waals surface area contributed by atoms with Gasteiger partial charge in [0.25, 0.3) is 5.69 Å². The molecular weight excluding hydrogens is 490 g/mol. The van der Waals surface area contributed by atoms with Crippen molar-refractivity contribution in [1.29, 1.82) is 0 Å². The first kappa shape index (κ1) is 22.6. The third kappa shape index (κ3) is 3.04. The topological polar surface area (TPSA) is 129 Å². The summed E-state index contributed by atoms with van der Waals surface area (Å²) >= 11 is 0. The van der Waals surface area contributed by atoms with Gasteiger partial charge in [0.05, 0.1) is 10.3 Å². The van der Waals surface area contributed by atoms with Gasteiger partial charge in [-0.05, 0) is 72.4 Å². The summed E-state index contributed by atoms with van der Waals surface area (Å²) in [5.74, 6) is -1.27. The average molecular weight is 510 g/mol. The first-order valence-electron chi connectivity index (χ1n) is 12.3. The Morgan fingerprint density at radius 3 is 1.67 bits per heavy atom. The van der Waals surface area contributed by atoms with Crippen LogP contribution in [-0.4, -0.2) is 16.7 Å². The summed E-state index contributed by atoms with van der Waals surface area (Å²) in [7, 11) is 0. The first-order chi connectivity index (χ1) is 18.9. The Balaban J connectivity index is 1.65. The fourth-order valence-corrected chi connectivity index (χ4v) is 6.13. The molecule has 0 spiro atoms. The van der Waals surface area contributed by atoms with Crippen LogP contribution in [-0.2, 0) is 0 Å². The van der Waals surface area contributed by atoms with Gasteiger partial charge in [-0.3, -0.25) is 19.7 Å². The molecule has 0 fully saturated rings. The number of nitro groups is 1. The van der Waals surface area contributed by atoms with Gasteiger partial charge in [-0.1, -0.05) is 66.7 Å². The fourth-order valence-electron chi connectivity index (χ4n) is 6.13. The summed E-state index contributed by atoms with van der Waals surface area (Å²) in [6.07, 6.45) is 0. The van der Waals surface area contributed by atoms with Gasteiger partial charge in [0.2, 0.25) is 11.8 Å². The minimum Gasteiger partial charge on any atom is -0.366 e. The number of nitrogens with zero attached hydrogens (tertiary/aromatic N) is 1. The Kier molecular flexibility index (Phi) is 4.62. The number of benzene rings is 7. The van der Waals surface area contributed by atoms with Crippen molar-refractivity contribution in [2.75, 3.05) is 0 Å². The molecule has 7 aromatic rings. The van der Waals surface area contributed by atoms with Gasteiger partial charge >= 0.3 is 0 Å². The first-order valence-corrected chi connectivity index (χ1v) is 12.3. The molecule has 0 radical (unpaired) electrons. The van der Waals surface area contributed by atoms with Gasteiger partial charge in [-0.15, -0.1) is 0 Å². The van der Waals surface area contributed by atoms with Crippen LogP contribution in [0.2, 0.25) is 0 Å². The number of fused-ring (bicyclic) bond motifs is 3. The van der Waals surface area contributed by atoms with E-state index in [2.05, 4.69) is 0 Å². The van der Waals surface area contributed by atoms with Gasteiger partial charge in [-0.2, -0.15) is 0 Å². The Morgan fingerprint density at radius 2 is 1.00 bits per heavy atom. The normalized spacial score (nSPS) is 11.7. The Bertz CT molecular complexity index is 2150. The Morgan fingerprint density at radius 1 is 0.513 bits per heavy atom. The monoisotopic (exact) mass is 509 g/mol.